The molecule has 4 aromatic carbocycles. The van der Waals surface area contributed by atoms with E-state index in [1.165, 1.54) is 18.2 Å². The van der Waals surface area contributed by atoms with Gasteiger partial charge in [-0.15, -0.1) is 0 Å². The van der Waals surface area contributed by atoms with Crippen molar-refractivity contribution in [2.75, 3.05) is 0 Å². The van der Waals surface area contributed by atoms with Crippen LogP contribution in [0.15, 0.2) is 84.0 Å². The second kappa shape index (κ2) is 10.1. The molecule has 0 heterocycles. The van der Waals surface area contributed by atoms with E-state index in [0.717, 1.165) is 22.8 Å². The molecule has 8 heteroatoms. The van der Waals surface area contributed by atoms with Crippen LogP contribution in [-0.4, -0.2) is 22.1 Å². The molecule has 0 unspecified atom stereocenters. The zero-order valence-corrected chi connectivity index (χ0v) is 20.5. The van der Waals surface area contributed by atoms with Gasteiger partial charge in [-0.1, -0.05) is 66.7 Å². The lowest BCUT2D eigenvalue weighted by Gasteiger charge is -2.30. The molecule has 6 nitrogen and oxygen atoms in total. The largest absolute Gasteiger partial charge is 0.409 e. The second-order valence-electron chi connectivity index (χ2n) is 9.27. The van der Waals surface area contributed by atoms with Crippen LogP contribution >= 0.6 is 0 Å². The Morgan fingerprint density at radius 2 is 1.58 bits per heavy atom. The summed E-state index contributed by atoms with van der Waals surface area (Å²) in [6, 6.07) is 21.2. The van der Waals surface area contributed by atoms with E-state index in [1.54, 1.807) is 42.5 Å². The van der Waals surface area contributed by atoms with E-state index >= 15 is 0 Å². The number of aliphatic hydroxyl groups excluding tert-OH is 1. The van der Waals surface area contributed by atoms with Crippen molar-refractivity contribution < 1.29 is 23.9 Å². The van der Waals surface area contributed by atoms with Crippen molar-refractivity contribution in [1.82, 2.24) is 5.32 Å². The average molecular weight is 514 g/mol. The number of nitrogens with two attached hydrogens (primary N) is 1. The molecular weight excluding hydrogens is 488 g/mol. The molecule has 5 rings (SSSR count). The fourth-order valence-corrected chi connectivity index (χ4v) is 4.92. The number of benzene rings is 4. The molecule has 0 bridgehead atoms. The number of halogens is 2. The molecule has 1 aliphatic rings. The standard InChI is InChI=1S/C30H25F2N3O3/c1-16-24-12-17(21-4-2-3-5-26(21)31)8-10-22(24)28(36)23-11-9-19(13-25(16)23)30(37)34-15-20-7-6-18(14-27(20)32)29(33)35-38/h2-14,16,28,36,38H,15H2,1H3,(H2,33,35)(H,34,37)/t16-,28+/m1/s1. The minimum Gasteiger partial charge on any atom is -0.409 e. The van der Waals surface area contributed by atoms with Crippen LogP contribution in [0.25, 0.3) is 11.1 Å². The number of nitrogens with one attached hydrogen (secondary N) is 1. The van der Waals surface area contributed by atoms with Crippen LogP contribution in [0.4, 0.5) is 8.78 Å². The number of oxime groups is 1. The SMILES string of the molecule is C[C@H]1c2cc(C(=O)NCc3ccc(C(N)=NO)cc3F)ccc2[C@@H](O)c2ccc(-c3ccccc3F)cc21. The summed E-state index contributed by atoms with van der Waals surface area (Å²) < 4.78 is 28.9. The summed E-state index contributed by atoms with van der Waals surface area (Å²) >= 11 is 0. The van der Waals surface area contributed by atoms with Gasteiger partial charge in [-0.05, 0) is 52.1 Å². The first-order valence-corrected chi connectivity index (χ1v) is 12.0. The van der Waals surface area contributed by atoms with Crippen LogP contribution in [0.3, 0.4) is 0 Å². The molecule has 192 valence electrons. The number of carbonyl (C=O) groups is 1. The van der Waals surface area contributed by atoms with Crippen LogP contribution in [0.5, 0.6) is 0 Å². The van der Waals surface area contributed by atoms with E-state index in [4.69, 9.17) is 10.9 Å². The second-order valence-corrected chi connectivity index (χ2v) is 9.27. The first-order valence-electron chi connectivity index (χ1n) is 12.0. The van der Waals surface area contributed by atoms with Crippen molar-refractivity contribution in [2.45, 2.75) is 25.5 Å². The maximum atomic E-state index is 14.4. The van der Waals surface area contributed by atoms with Crippen molar-refractivity contribution >= 4 is 11.7 Å². The predicted octanol–water partition coefficient (Wildman–Crippen LogP) is 5.20. The lowest BCUT2D eigenvalue weighted by atomic mass is 9.76. The van der Waals surface area contributed by atoms with Crippen LogP contribution in [0, 0.1) is 11.6 Å². The van der Waals surface area contributed by atoms with Gasteiger partial charge in [-0.25, -0.2) is 8.78 Å². The smallest absolute Gasteiger partial charge is 0.251 e. The number of hydrogen-bond donors (Lipinski definition) is 4. The highest BCUT2D eigenvalue weighted by Gasteiger charge is 2.30. The fraction of sp³-hybridized carbons (Fsp3) is 0.133. The predicted molar refractivity (Wildman–Crippen MR) is 140 cm³/mol. The molecule has 0 fully saturated rings. The molecule has 38 heavy (non-hydrogen) atoms. The highest BCUT2D eigenvalue weighted by molar-refractivity contribution is 5.97. The average Bonchev–Trinajstić information content (AvgIpc) is 2.94. The van der Waals surface area contributed by atoms with Gasteiger partial charge in [0, 0.05) is 34.7 Å². The van der Waals surface area contributed by atoms with Gasteiger partial charge in [-0.3, -0.25) is 4.79 Å². The number of fused-ring (bicyclic) bond motifs is 2. The Morgan fingerprint density at radius 1 is 0.895 bits per heavy atom. The molecule has 0 radical (unpaired) electrons. The van der Waals surface area contributed by atoms with Crippen molar-refractivity contribution in [1.29, 1.82) is 0 Å². The Hall–Kier alpha value is -4.56. The molecule has 0 saturated heterocycles. The van der Waals surface area contributed by atoms with E-state index < -0.39 is 17.8 Å². The van der Waals surface area contributed by atoms with Crippen molar-refractivity contribution in [3.63, 3.8) is 0 Å². The highest BCUT2D eigenvalue weighted by atomic mass is 19.1. The molecule has 0 spiro atoms. The Labute approximate surface area is 218 Å². The van der Waals surface area contributed by atoms with E-state index in [9.17, 15) is 18.7 Å². The third kappa shape index (κ3) is 4.50. The molecule has 2 atom stereocenters. The molecule has 5 N–H and O–H groups in total. The minimum atomic E-state index is -0.884. The van der Waals surface area contributed by atoms with E-state index in [-0.39, 0.29) is 35.2 Å². The zero-order chi connectivity index (χ0) is 27.0. The topological polar surface area (TPSA) is 108 Å². The van der Waals surface area contributed by atoms with Gasteiger partial charge in [0.05, 0.1) is 0 Å². The summed E-state index contributed by atoms with van der Waals surface area (Å²) in [5, 5.41) is 25.4. The number of carbonyl (C=O) groups excluding carboxylic acids is 1. The lowest BCUT2D eigenvalue weighted by Crippen LogP contribution is -2.25. The quantitative estimate of drug-likeness (QED) is 0.127. The minimum absolute atomic E-state index is 0.0643. The van der Waals surface area contributed by atoms with Gasteiger partial charge in [0.1, 0.15) is 17.7 Å². The summed E-state index contributed by atoms with van der Waals surface area (Å²) in [6.07, 6.45) is -0.884. The van der Waals surface area contributed by atoms with Gasteiger partial charge in [0.25, 0.3) is 5.91 Å². The normalized spacial score (nSPS) is 16.5. The van der Waals surface area contributed by atoms with E-state index in [0.29, 0.717) is 22.3 Å². The van der Waals surface area contributed by atoms with Crippen LogP contribution in [0.2, 0.25) is 0 Å². The fourth-order valence-electron chi connectivity index (χ4n) is 4.92. The molecule has 0 saturated carbocycles. The van der Waals surface area contributed by atoms with Gasteiger partial charge in [-0.2, -0.15) is 0 Å². The van der Waals surface area contributed by atoms with E-state index in [2.05, 4.69) is 10.5 Å². The van der Waals surface area contributed by atoms with Crippen LogP contribution < -0.4 is 11.1 Å². The first-order chi connectivity index (χ1) is 18.3. The van der Waals surface area contributed by atoms with Crippen molar-refractivity contribution in [3.8, 4) is 11.1 Å². The summed E-state index contributed by atoms with van der Waals surface area (Å²) in [5.74, 6) is -1.70. The number of amidine groups is 1. The highest BCUT2D eigenvalue weighted by Crippen LogP contribution is 2.43. The molecular formula is C30H25F2N3O3. The monoisotopic (exact) mass is 513 g/mol. The Morgan fingerprint density at radius 3 is 2.29 bits per heavy atom. The summed E-state index contributed by atoms with van der Waals surface area (Å²) in [6.45, 7) is 1.92. The summed E-state index contributed by atoms with van der Waals surface area (Å²) in [5.41, 5.74) is 10.6. The van der Waals surface area contributed by atoms with Crippen LogP contribution in [0.1, 0.15) is 62.7 Å². The first kappa shape index (κ1) is 25.1. The number of nitrogens with zero attached hydrogens (tertiary/aromatic N) is 1. The molecule has 4 aromatic rings. The molecule has 0 aliphatic heterocycles. The summed E-state index contributed by atoms with van der Waals surface area (Å²) in [7, 11) is 0. The Bertz CT molecular complexity index is 1590. The summed E-state index contributed by atoms with van der Waals surface area (Å²) in [4.78, 5) is 12.9. The Balaban J connectivity index is 1.39. The van der Waals surface area contributed by atoms with E-state index in [1.807, 2.05) is 19.1 Å². The van der Waals surface area contributed by atoms with Gasteiger partial charge in [0.15, 0.2) is 5.84 Å². The van der Waals surface area contributed by atoms with Gasteiger partial charge >= 0.3 is 0 Å². The lowest BCUT2D eigenvalue weighted by molar-refractivity contribution is 0.0950. The zero-order valence-electron chi connectivity index (χ0n) is 20.5. The molecule has 1 amide bonds. The maximum absolute atomic E-state index is 14.4. The Kier molecular flexibility index (Phi) is 6.65. The number of amides is 1. The third-order valence-electron chi connectivity index (χ3n) is 7.04. The number of rotatable bonds is 5. The third-order valence-corrected chi connectivity index (χ3v) is 7.04. The van der Waals surface area contributed by atoms with Gasteiger partial charge in [0.2, 0.25) is 0 Å². The van der Waals surface area contributed by atoms with Gasteiger partial charge < -0.3 is 21.4 Å². The molecule has 0 aromatic heterocycles. The number of hydrogen-bond acceptors (Lipinski definition) is 4. The molecule has 1 aliphatic carbocycles. The maximum Gasteiger partial charge on any atom is 0.251 e. The van der Waals surface area contributed by atoms with Crippen LogP contribution in [-0.2, 0) is 6.54 Å². The van der Waals surface area contributed by atoms with Crippen molar-refractivity contribution in [3.05, 3.63) is 129 Å². The number of aliphatic hydroxyl groups is 1. The van der Waals surface area contributed by atoms with Crippen molar-refractivity contribution in [2.24, 2.45) is 10.9 Å².